The molecule has 0 bridgehead atoms. The molecule has 2 aromatic carbocycles. The molecule has 136 valence electrons. The molecule has 0 aliphatic rings. The van der Waals surface area contributed by atoms with Gasteiger partial charge in [0.05, 0.1) is 11.6 Å². The van der Waals surface area contributed by atoms with E-state index in [1.807, 2.05) is 22.8 Å². The average Bonchev–Trinajstić information content (AvgIpc) is 3.08. The molecule has 0 unspecified atom stereocenters. The second-order valence-corrected chi connectivity index (χ2v) is 6.52. The summed E-state index contributed by atoms with van der Waals surface area (Å²) in [6.07, 6.45) is 1.74. The average molecular weight is 380 g/mol. The molecule has 1 aromatic heterocycles. The summed E-state index contributed by atoms with van der Waals surface area (Å²) in [5.74, 6) is 0.916. The molecule has 0 saturated carbocycles. The minimum absolute atomic E-state index is 0.0944. The van der Waals surface area contributed by atoms with E-state index in [1.165, 1.54) is 17.8 Å². The first-order chi connectivity index (χ1) is 13.2. The summed E-state index contributed by atoms with van der Waals surface area (Å²) in [6, 6.07) is 15.9. The number of thioether (sulfide) groups is 1. The van der Waals surface area contributed by atoms with Crippen LogP contribution >= 0.6 is 11.8 Å². The fourth-order valence-corrected chi connectivity index (χ4v) is 3.42. The maximum Gasteiger partial charge on any atom is 0.191 e. The number of halogens is 1. The molecule has 0 amide bonds. The molecule has 7 heteroatoms. The van der Waals surface area contributed by atoms with Crippen LogP contribution in [0.4, 0.5) is 4.39 Å². The van der Waals surface area contributed by atoms with Gasteiger partial charge < -0.3 is 4.74 Å². The third kappa shape index (κ3) is 4.54. The van der Waals surface area contributed by atoms with E-state index in [4.69, 9.17) is 4.74 Å². The van der Waals surface area contributed by atoms with Gasteiger partial charge in [-0.05, 0) is 23.8 Å². The van der Waals surface area contributed by atoms with Crippen molar-refractivity contribution in [3.05, 3.63) is 84.0 Å². The molecule has 0 aliphatic carbocycles. The van der Waals surface area contributed by atoms with Crippen LogP contribution in [0.25, 0.3) is 0 Å². The molecule has 0 radical (unpaired) electrons. The Morgan fingerprint density at radius 2 is 1.96 bits per heavy atom. The summed E-state index contributed by atoms with van der Waals surface area (Å²) in [7, 11) is 0. The maximum atomic E-state index is 13.7. The zero-order chi connectivity index (χ0) is 19.1. The first-order valence-electron chi connectivity index (χ1n) is 8.24. The number of allylic oxidation sites excluding steroid dienone is 1. The van der Waals surface area contributed by atoms with Crippen molar-refractivity contribution in [1.29, 1.82) is 5.26 Å². The summed E-state index contributed by atoms with van der Waals surface area (Å²) < 4.78 is 21.1. The number of para-hydroxylation sites is 1. The zero-order valence-electron chi connectivity index (χ0n) is 14.5. The van der Waals surface area contributed by atoms with E-state index in [0.29, 0.717) is 28.8 Å². The van der Waals surface area contributed by atoms with Crippen molar-refractivity contribution in [3.8, 4) is 11.8 Å². The van der Waals surface area contributed by atoms with Crippen LogP contribution < -0.4 is 4.74 Å². The van der Waals surface area contributed by atoms with Gasteiger partial charge in [0.25, 0.3) is 0 Å². The topological polar surface area (TPSA) is 63.7 Å². The smallest absolute Gasteiger partial charge is 0.191 e. The van der Waals surface area contributed by atoms with E-state index < -0.39 is 5.82 Å². The Kier molecular flexibility index (Phi) is 6.23. The van der Waals surface area contributed by atoms with Crippen molar-refractivity contribution in [1.82, 2.24) is 14.8 Å². The third-order valence-electron chi connectivity index (χ3n) is 3.79. The summed E-state index contributed by atoms with van der Waals surface area (Å²) in [5, 5.41) is 18.3. The molecule has 3 rings (SSSR count). The number of hydrogen-bond acceptors (Lipinski definition) is 5. The highest BCUT2D eigenvalue weighted by Gasteiger charge is 2.14. The monoisotopic (exact) mass is 380 g/mol. The van der Waals surface area contributed by atoms with Gasteiger partial charge in [-0.25, -0.2) is 4.39 Å². The molecule has 5 nitrogen and oxygen atoms in total. The number of ether oxygens (including phenoxy) is 1. The molecule has 27 heavy (non-hydrogen) atoms. The molecule has 1 heterocycles. The Morgan fingerprint density at radius 3 is 2.74 bits per heavy atom. The maximum absolute atomic E-state index is 13.7. The van der Waals surface area contributed by atoms with Crippen molar-refractivity contribution >= 4 is 11.8 Å². The molecule has 3 aromatic rings. The molecular weight excluding hydrogens is 363 g/mol. The quantitative estimate of drug-likeness (QED) is 0.429. The Morgan fingerprint density at radius 1 is 1.19 bits per heavy atom. The van der Waals surface area contributed by atoms with Crippen LogP contribution in [-0.2, 0) is 18.9 Å². The fraction of sp³-hybridized carbons (Fsp3) is 0.150. The Balaban J connectivity index is 1.74. The minimum Gasteiger partial charge on any atom is -0.483 e. The van der Waals surface area contributed by atoms with Gasteiger partial charge in [0, 0.05) is 12.3 Å². The van der Waals surface area contributed by atoms with Crippen molar-refractivity contribution in [3.63, 3.8) is 0 Å². The number of rotatable bonds is 8. The normalized spacial score (nSPS) is 10.4. The Bertz CT molecular complexity index is 980. The van der Waals surface area contributed by atoms with E-state index in [2.05, 4.69) is 22.8 Å². The molecule has 0 saturated heterocycles. The lowest BCUT2D eigenvalue weighted by molar-refractivity contribution is 0.275. The fourth-order valence-electron chi connectivity index (χ4n) is 2.45. The highest BCUT2D eigenvalue weighted by molar-refractivity contribution is 7.98. The molecule has 0 aliphatic heterocycles. The highest BCUT2D eigenvalue weighted by atomic mass is 32.2. The van der Waals surface area contributed by atoms with Crippen LogP contribution in [0.5, 0.6) is 5.75 Å². The largest absolute Gasteiger partial charge is 0.483 e. The molecule has 0 N–H and O–H groups in total. The number of aromatic nitrogens is 3. The van der Waals surface area contributed by atoms with Crippen LogP contribution in [0.1, 0.15) is 17.0 Å². The second kappa shape index (κ2) is 9.01. The lowest BCUT2D eigenvalue weighted by atomic mass is 10.1. The zero-order valence-corrected chi connectivity index (χ0v) is 15.3. The van der Waals surface area contributed by atoms with Crippen molar-refractivity contribution < 1.29 is 9.13 Å². The summed E-state index contributed by atoms with van der Waals surface area (Å²) in [4.78, 5) is 0. The van der Waals surface area contributed by atoms with E-state index >= 15 is 0 Å². The van der Waals surface area contributed by atoms with Gasteiger partial charge >= 0.3 is 0 Å². The minimum atomic E-state index is -0.421. The lowest BCUT2D eigenvalue weighted by Gasteiger charge is -2.10. The van der Waals surface area contributed by atoms with Crippen molar-refractivity contribution in [2.24, 2.45) is 0 Å². The van der Waals surface area contributed by atoms with Crippen molar-refractivity contribution in [2.75, 3.05) is 0 Å². The van der Waals surface area contributed by atoms with Gasteiger partial charge in [-0.3, -0.25) is 4.57 Å². The Labute approximate surface area is 161 Å². The van der Waals surface area contributed by atoms with E-state index in [1.54, 1.807) is 30.3 Å². The number of nitriles is 1. The SMILES string of the molecule is C=CCn1c(COc2ccccc2F)nnc1SCc1ccccc1C#N. The van der Waals surface area contributed by atoms with Crippen molar-refractivity contribution in [2.45, 2.75) is 24.1 Å². The predicted octanol–water partition coefficient (Wildman–Crippen LogP) is 4.35. The van der Waals surface area contributed by atoms with Gasteiger partial charge in [-0.15, -0.1) is 16.8 Å². The van der Waals surface area contributed by atoms with E-state index in [0.717, 1.165) is 5.56 Å². The molecule has 0 fully saturated rings. The Hall–Kier alpha value is -3.11. The summed E-state index contributed by atoms with van der Waals surface area (Å²) >= 11 is 1.48. The molecule has 0 atom stereocenters. The first-order valence-corrected chi connectivity index (χ1v) is 9.22. The van der Waals surface area contributed by atoms with Gasteiger partial charge in [0.2, 0.25) is 0 Å². The van der Waals surface area contributed by atoms with Crippen LogP contribution in [-0.4, -0.2) is 14.8 Å². The van der Waals surface area contributed by atoms with Crippen LogP contribution in [0.3, 0.4) is 0 Å². The van der Waals surface area contributed by atoms with E-state index in [9.17, 15) is 9.65 Å². The van der Waals surface area contributed by atoms with E-state index in [-0.39, 0.29) is 12.4 Å². The molecular formula is C20H17FN4OS. The lowest BCUT2D eigenvalue weighted by Crippen LogP contribution is -2.08. The molecule has 0 spiro atoms. The predicted molar refractivity (Wildman–Crippen MR) is 102 cm³/mol. The summed E-state index contributed by atoms with van der Waals surface area (Å²) in [5.41, 5.74) is 1.57. The van der Waals surface area contributed by atoms with Gasteiger partial charge in [0.15, 0.2) is 22.5 Å². The van der Waals surface area contributed by atoms with Gasteiger partial charge in [0.1, 0.15) is 6.61 Å². The number of nitrogens with zero attached hydrogens (tertiary/aromatic N) is 4. The highest BCUT2D eigenvalue weighted by Crippen LogP contribution is 2.24. The van der Waals surface area contributed by atoms with Gasteiger partial charge in [-0.1, -0.05) is 48.2 Å². The first kappa shape index (κ1) is 18.7. The number of benzene rings is 2. The van der Waals surface area contributed by atoms with Gasteiger partial charge in [-0.2, -0.15) is 5.26 Å². The summed E-state index contributed by atoms with van der Waals surface area (Å²) in [6.45, 7) is 4.37. The van der Waals surface area contributed by atoms with Crippen LogP contribution in [0, 0.1) is 17.1 Å². The second-order valence-electron chi connectivity index (χ2n) is 5.57. The number of hydrogen-bond donors (Lipinski definition) is 0. The van der Waals surface area contributed by atoms with Crippen LogP contribution in [0.15, 0.2) is 66.3 Å². The third-order valence-corrected chi connectivity index (χ3v) is 4.81. The standard InChI is InChI=1S/C20H17FN4OS/c1-2-11-25-19(13-26-18-10-6-5-9-17(18)21)23-24-20(25)27-14-16-8-4-3-7-15(16)12-22/h2-10H,1,11,13-14H2. The van der Waals surface area contributed by atoms with Crippen LogP contribution in [0.2, 0.25) is 0 Å².